The van der Waals surface area contributed by atoms with Crippen molar-refractivity contribution in [3.8, 4) is 11.5 Å². The van der Waals surface area contributed by atoms with E-state index in [0.29, 0.717) is 18.0 Å². The summed E-state index contributed by atoms with van der Waals surface area (Å²) in [5.74, 6) is 1.21. The quantitative estimate of drug-likeness (QED) is 0.645. The van der Waals surface area contributed by atoms with Crippen LogP contribution in [-0.4, -0.2) is 43.0 Å². The van der Waals surface area contributed by atoms with Crippen LogP contribution in [0.2, 0.25) is 0 Å². The highest BCUT2D eigenvalue weighted by molar-refractivity contribution is 5.87. The van der Waals surface area contributed by atoms with E-state index in [1.54, 1.807) is 14.0 Å². The Labute approximate surface area is 179 Å². The van der Waals surface area contributed by atoms with Crippen LogP contribution in [0.3, 0.4) is 0 Å². The van der Waals surface area contributed by atoms with Crippen LogP contribution in [0.15, 0.2) is 48.5 Å². The average molecular weight is 413 g/mol. The first-order valence-corrected chi connectivity index (χ1v) is 10.3. The van der Waals surface area contributed by atoms with Gasteiger partial charge < -0.3 is 19.7 Å². The van der Waals surface area contributed by atoms with Crippen molar-refractivity contribution < 1.29 is 19.1 Å². The monoisotopic (exact) mass is 412 g/mol. The third kappa shape index (κ3) is 6.24. The second kappa shape index (κ2) is 11.2. The minimum absolute atomic E-state index is 0.141. The molecule has 6 nitrogen and oxygen atoms in total. The van der Waals surface area contributed by atoms with Gasteiger partial charge in [0.15, 0.2) is 6.61 Å². The van der Waals surface area contributed by atoms with Crippen molar-refractivity contribution in [3.63, 3.8) is 0 Å². The van der Waals surface area contributed by atoms with Crippen LogP contribution in [0, 0.1) is 0 Å². The lowest BCUT2D eigenvalue weighted by Crippen LogP contribution is -2.49. The van der Waals surface area contributed by atoms with Gasteiger partial charge in [0.05, 0.1) is 7.11 Å². The Balaban J connectivity index is 2.20. The molecular weight excluding hydrogens is 380 g/mol. The van der Waals surface area contributed by atoms with Crippen molar-refractivity contribution in [1.29, 1.82) is 0 Å². The molecule has 0 aliphatic rings. The SMILES string of the molecule is CCNC(=O)[C@H](C)N(Cc1cccc(OC)c1)C(=O)COc1ccccc1C(C)C. The Morgan fingerprint density at radius 2 is 1.80 bits per heavy atom. The molecule has 1 atom stereocenters. The summed E-state index contributed by atoms with van der Waals surface area (Å²) < 4.78 is 11.1. The van der Waals surface area contributed by atoms with Gasteiger partial charge in [0, 0.05) is 13.1 Å². The molecule has 0 heterocycles. The molecule has 0 aliphatic heterocycles. The van der Waals surface area contributed by atoms with Crippen LogP contribution >= 0.6 is 0 Å². The number of hydrogen-bond donors (Lipinski definition) is 1. The highest BCUT2D eigenvalue weighted by Gasteiger charge is 2.26. The molecule has 0 fully saturated rings. The Kier molecular flexibility index (Phi) is 8.71. The first-order valence-electron chi connectivity index (χ1n) is 10.3. The summed E-state index contributed by atoms with van der Waals surface area (Å²) in [6.07, 6.45) is 0. The molecule has 0 saturated heterocycles. The van der Waals surface area contributed by atoms with Gasteiger partial charge in [-0.1, -0.05) is 44.2 Å². The molecule has 0 spiro atoms. The van der Waals surface area contributed by atoms with E-state index < -0.39 is 6.04 Å². The number of para-hydroxylation sites is 1. The molecule has 0 unspecified atom stereocenters. The zero-order valence-corrected chi connectivity index (χ0v) is 18.5. The molecule has 2 aromatic carbocycles. The van der Waals surface area contributed by atoms with Gasteiger partial charge in [-0.15, -0.1) is 0 Å². The minimum Gasteiger partial charge on any atom is -0.497 e. The molecule has 6 heteroatoms. The number of benzene rings is 2. The molecule has 2 aromatic rings. The van der Waals surface area contributed by atoms with Gasteiger partial charge in [-0.2, -0.15) is 0 Å². The molecule has 0 radical (unpaired) electrons. The number of carbonyl (C=O) groups is 2. The van der Waals surface area contributed by atoms with Crippen molar-refractivity contribution in [1.82, 2.24) is 10.2 Å². The zero-order chi connectivity index (χ0) is 22.1. The fraction of sp³-hybridized carbons (Fsp3) is 0.417. The van der Waals surface area contributed by atoms with Crippen molar-refractivity contribution >= 4 is 11.8 Å². The van der Waals surface area contributed by atoms with Gasteiger partial charge in [-0.3, -0.25) is 9.59 Å². The smallest absolute Gasteiger partial charge is 0.261 e. The van der Waals surface area contributed by atoms with Crippen LogP contribution in [0.4, 0.5) is 0 Å². The number of hydrogen-bond acceptors (Lipinski definition) is 4. The lowest BCUT2D eigenvalue weighted by molar-refractivity contribution is -0.142. The highest BCUT2D eigenvalue weighted by atomic mass is 16.5. The summed E-state index contributed by atoms with van der Waals surface area (Å²) in [5, 5.41) is 2.79. The van der Waals surface area contributed by atoms with E-state index in [9.17, 15) is 9.59 Å². The van der Waals surface area contributed by atoms with E-state index in [-0.39, 0.29) is 30.9 Å². The molecule has 30 heavy (non-hydrogen) atoms. The van der Waals surface area contributed by atoms with E-state index in [1.165, 1.54) is 4.90 Å². The predicted molar refractivity (Wildman–Crippen MR) is 118 cm³/mol. The molecule has 162 valence electrons. The number of nitrogens with zero attached hydrogens (tertiary/aromatic N) is 1. The highest BCUT2D eigenvalue weighted by Crippen LogP contribution is 2.26. The van der Waals surface area contributed by atoms with Crippen LogP contribution in [0.1, 0.15) is 44.7 Å². The van der Waals surface area contributed by atoms with Crippen LogP contribution in [0.25, 0.3) is 0 Å². The summed E-state index contributed by atoms with van der Waals surface area (Å²) in [7, 11) is 1.60. The normalized spacial score (nSPS) is 11.7. The van der Waals surface area contributed by atoms with Crippen molar-refractivity contribution in [2.45, 2.75) is 46.2 Å². The maximum absolute atomic E-state index is 13.1. The van der Waals surface area contributed by atoms with Gasteiger partial charge in [-0.05, 0) is 49.1 Å². The molecule has 0 aromatic heterocycles. The number of amides is 2. The molecule has 0 saturated carbocycles. The second-order valence-corrected chi connectivity index (χ2v) is 7.42. The summed E-state index contributed by atoms with van der Waals surface area (Å²) in [5.41, 5.74) is 1.92. The van der Waals surface area contributed by atoms with Crippen LogP contribution in [-0.2, 0) is 16.1 Å². The molecule has 0 bridgehead atoms. The summed E-state index contributed by atoms with van der Waals surface area (Å²) in [6, 6.07) is 14.5. The van der Waals surface area contributed by atoms with E-state index in [4.69, 9.17) is 9.47 Å². The first-order chi connectivity index (χ1) is 14.4. The molecule has 2 amide bonds. The minimum atomic E-state index is -0.632. The van der Waals surface area contributed by atoms with E-state index >= 15 is 0 Å². The van der Waals surface area contributed by atoms with Gasteiger partial charge >= 0.3 is 0 Å². The molecule has 1 N–H and O–H groups in total. The Morgan fingerprint density at radius 1 is 1.07 bits per heavy atom. The van der Waals surface area contributed by atoms with E-state index in [2.05, 4.69) is 19.2 Å². The van der Waals surface area contributed by atoms with E-state index in [0.717, 1.165) is 11.1 Å². The zero-order valence-electron chi connectivity index (χ0n) is 18.5. The Hall–Kier alpha value is -3.02. The number of methoxy groups -OCH3 is 1. The van der Waals surface area contributed by atoms with E-state index in [1.807, 2.05) is 55.5 Å². The van der Waals surface area contributed by atoms with Gasteiger partial charge in [0.25, 0.3) is 5.91 Å². The fourth-order valence-electron chi connectivity index (χ4n) is 3.18. The number of ether oxygens (including phenoxy) is 2. The van der Waals surface area contributed by atoms with Crippen LogP contribution < -0.4 is 14.8 Å². The third-order valence-corrected chi connectivity index (χ3v) is 4.90. The maximum Gasteiger partial charge on any atom is 0.261 e. The molecule has 0 aliphatic carbocycles. The predicted octanol–water partition coefficient (Wildman–Crippen LogP) is 3.75. The maximum atomic E-state index is 13.1. The lowest BCUT2D eigenvalue weighted by Gasteiger charge is -2.29. The van der Waals surface area contributed by atoms with Gasteiger partial charge in [0.2, 0.25) is 5.91 Å². The number of carbonyl (C=O) groups excluding carboxylic acids is 2. The average Bonchev–Trinajstić information content (AvgIpc) is 2.75. The summed E-state index contributed by atoms with van der Waals surface area (Å²) in [6.45, 7) is 8.38. The summed E-state index contributed by atoms with van der Waals surface area (Å²) >= 11 is 0. The number of nitrogens with one attached hydrogen (secondary N) is 1. The van der Waals surface area contributed by atoms with Gasteiger partial charge in [-0.25, -0.2) is 0 Å². The lowest BCUT2D eigenvalue weighted by atomic mass is 10.0. The topological polar surface area (TPSA) is 67.9 Å². The van der Waals surface area contributed by atoms with Crippen molar-refractivity contribution in [3.05, 3.63) is 59.7 Å². The van der Waals surface area contributed by atoms with Crippen LogP contribution in [0.5, 0.6) is 11.5 Å². The Bertz CT molecular complexity index is 851. The number of rotatable bonds is 10. The second-order valence-electron chi connectivity index (χ2n) is 7.42. The first kappa shape index (κ1) is 23.3. The molecular formula is C24H32N2O4. The third-order valence-electron chi connectivity index (χ3n) is 4.90. The molecule has 2 rings (SSSR count). The fourth-order valence-corrected chi connectivity index (χ4v) is 3.18. The summed E-state index contributed by atoms with van der Waals surface area (Å²) in [4.78, 5) is 27.1. The Morgan fingerprint density at radius 3 is 2.47 bits per heavy atom. The van der Waals surface area contributed by atoms with Crippen molar-refractivity contribution in [2.75, 3.05) is 20.3 Å². The largest absolute Gasteiger partial charge is 0.497 e. The van der Waals surface area contributed by atoms with Crippen molar-refractivity contribution in [2.24, 2.45) is 0 Å². The van der Waals surface area contributed by atoms with Gasteiger partial charge in [0.1, 0.15) is 17.5 Å². The standard InChI is InChI=1S/C24H32N2O4/c1-6-25-24(28)18(4)26(15-19-10-9-11-20(14-19)29-5)23(27)16-30-22-13-8-7-12-21(22)17(2)3/h7-14,17-18H,6,15-16H2,1-5H3,(H,25,28)/t18-/m0/s1. The number of likely N-dealkylation sites (N-methyl/N-ethyl adjacent to an activating group) is 1.